The van der Waals surface area contributed by atoms with Gasteiger partial charge in [0, 0.05) is 5.64 Å². The molecule has 0 saturated heterocycles. The summed E-state index contributed by atoms with van der Waals surface area (Å²) >= 11 is 0. The molecule has 0 saturated carbocycles. The molecule has 0 aliphatic carbocycles. The zero-order valence-electron chi connectivity index (χ0n) is 11.8. The van der Waals surface area contributed by atoms with Crippen LogP contribution in [-0.2, 0) is 0 Å². The fourth-order valence-electron chi connectivity index (χ4n) is 1.94. The van der Waals surface area contributed by atoms with Crippen molar-refractivity contribution in [3.05, 3.63) is 58.7 Å². The fraction of sp³-hybridized carbons (Fsp3) is 0.250. The summed E-state index contributed by atoms with van der Waals surface area (Å²) in [6.07, 6.45) is 0. The van der Waals surface area contributed by atoms with E-state index in [0.717, 1.165) is 22.6 Å². The van der Waals surface area contributed by atoms with Gasteiger partial charge in [-0.15, -0.1) is 0 Å². The molecule has 1 N–H and O–H groups in total. The van der Waals surface area contributed by atoms with Crippen molar-refractivity contribution in [1.29, 1.82) is 0 Å². The number of rotatable bonds is 4. The number of benzene rings is 2. The van der Waals surface area contributed by atoms with E-state index in [1.54, 1.807) is 0 Å². The third-order valence-corrected chi connectivity index (χ3v) is 2.96. The van der Waals surface area contributed by atoms with Crippen molar-refractivity contribution in [3.8, 4) is 11.5 Å². The lowest BCUT2D eigenvalue weighted by Gasteiger charge is -2.12. The van der Waals surface area contributed by atoms with Crippen LogP contribution in [0.25, 0.3) is 0 Å². The molecule has 0 radical (unpaired) electrons. The molecule has 3 heteroatoms. The monoisotopic (exact) mass is 257 g/mol. The Morgan fingerprint density at radius 1 is 0.684 bits per heavy atom. The molecule has 3 nitrogen and oxygen atoms in total. The van der Waals surface area contributed by atoms with E-state index < -0.39 is 0 Å². The van der Waals surface area contributed by atoms with Gasteiger partial charge in [-0.1, -0.05) is 35.4 Å². The van der Waals surface area contributed by atoms with Crippen LogP contribution >= 0.6 is 0 Å². The molecule has 0 unspecified atom stereocenters. The summed E-state index contributed by atoms with van der Waals surface area (Å²) in [5.41, 5.74) is 7.09. The van der Waals surface area contributed by atoms with E-state index >= 15 is 0 Å². The van der Waals surface area contributed by atoms with Crippen molar-refractivity contribution < 1.29 is 9.68 Å². The van der Waals surface area contributed by atoms with Gasteiger partial charge in [-0.05, 0) is 51.0 Å². The molecule has 0 amide bonds. The minimum absolute atomic E-state index is 0.760. The van der Waals surface area contributed by atoms with Crippen molar-refractivity contribution >= 4 is 0 Å². The Hall–Kier alpha value is -2.00. The number of aryl methyl sites for hydroxylation is 4. The van der Waals surface area contributed by atoms with Crippen LogP contribution < -0.4 is 15.3 Å². The van der Waals surface area contributed by atoms with Crippen molar-refractivity contribution in [3.63, 3.8) is 0 Å². The maximum absolute atomic E-state index is 5.41. The maximum atomic E-state index is 5.41. The van der Waals surface area contributed by atoms with Gasteiger partial charge < -0.3 is 9.68 Å². The van der Waals surface area contributed by atoms with Gasteiger partial charge in [0.1, 0.15) is 0 Å². The molecule has 0 heterocycles. The summed E-state index contributed by atoms with van der Waals surface area (Å²) in [7, 11) is 0. The van der Waals surface area contributed by atoms with E-state index in [0.29, 0.717) is 0 Å². The molecular formula is C16H19NO2. The molecule has 2 aromatic carbocycles. The largest absolute Gasteiger partial charge is 0.373 e. The van der Waals surface area contributed by atoms with Gasteiger partial charge in [0.15, 0.2) is 11.5 Å². The first-order valence-electron chi connectivity index (χ1n) is 6.29. The van der Waals surface area contributed by atoms with E-state index in [2.05, 4.69) is 31.6 Å². The van der Waals surface area contributed by atoms with E-state index in [-0.39, 0.29) is 0 Å². The Bertz CT molecular complexity index is 527. The molecule has 0 atom stereocenters. The minimum atomic E-state index is 0.760. The van der Waals surface area contributed by atoms with Gasteiger partial charge in [0.2, 0.25) is 0 Å². The van der Waals surface area contributed by atoms with Crippen LogP contribution in [0.1, 0.15) is 22.3 Å². The van der Waals surface area contributed by atoms with Crippen molar-refractivity contribution in [2.45, 2.75) is 27.7 Å². The first-order valence-corrected chi connectivity index (χ1v) is 6.29. The summed E-state index contributed by atoms with van der Waals surface area (Å²) < 4.78 is 0. The lowest BCUT2D eigenvalue weighted by atomic mass is 10.1. The SMILES string of the molecule is Cc1ccc(ONOc2ccc(C)cc2C)c(C)c1. The average Bonchev–Trinajstić information content (AvgIpc) is 2.34. The third kappa shape index (κ3) is 3.48. The Labute approximate surface area is 114 Å². The lowest BCUT2D eigenvalue weighted by molar-refractivity contribution is -0.0201. The quantitative estimate of drug-likeness (QED) is 0.845. The predicted molar refractivity (Wildman–Crippen MR) is 76.2 cm³/mol. The van der Waals surface area contributed by atoms with Crippen LogP contribution in [0.4, 0.5) is 0 Å². The van der Waals surface area contributed by atoms with E-state index in [1.807, 2.05) is 38.1 Å². The molecule has 19 heavy (non-hydrogen) atoms. The summed E-state index contributed by atoms with van der Waals surface area (Å²) in [5.74, 6) is 1.52. The van der Waals surface area contributed by atoms with E-state index in [4.69, 9.17) is 9.68 Å². The number of nitrogens with one attached hydrogen (secondary N) is 1. The van der Waals surface area contributed by atoms with Gasteiger partial charge in [0.25, 0.3) is 0 Å². The second-order valence-corrected chi connectivity index (χ2v) is 4.83. The van der Waals surface area contributed by atoms with Crippen molar-refractivity contribution in [2.24, 2.45) is 0 Å². The molecule has 2 aromatic rings. The highest BCUT2D eigenvalue weighted by molar-refractivity contribution is 5.36. The second kappa shape index (κ2) is 5.76. The van der Waals surface area contributed by atoms with E-state index in [9.17, 15) is 0 Å². The summed E-state index contributed by atoms with van der Waals surface area (Å²) in [6.45, 7) is 8.11. The Morgan fingerprint density at radius 3 is 1.47 bits per heavy atom. The zero-order chi connectivity index (χ0) is 13.8. The van der Waals surface area contributed by atoms with Gasteiger partial charge in [0.05, 0.1) is 0 Å². The highest BCUT2D eigenvalue weighted by atomic mass is 16.9. The summed E-state index contributed by atoms with van der Waals surface area (Å²) in [6, 6.07) is 12.0. The molecule has 0 bridgehead atoms. The summed E-state index contributed by atoms with van der Waals surface area (Å²) in [5, 5.41) is 0. The van der Waals surface area contributed by atoms with Crippen LogP contribution in [0.3, 0.4) is 0 Å². The van der Waals surface area contributed by atoms with Crippen molar-refractivity contribution in [1.82, 2.24) is 5.64 Å². The molecule has 0 aromatic heterocycles. The lowest BCUT2D eigenvalue weighted by Crippen LogP contribution is -2.23. The van der Waals surface area contributed by atoms with Gasteiger partial charge in [-0.25, -0.2) is 0 Å². The first-order chi connectivity index (χ1) is 9.06. The predicted octanol–water partition coefficient (Wildman–Crippen LogP) is 3.80. The third-order valence-electron chi connectivity index (χ3n) is 2.96. The van der Waals surface area contributed by atoms with Gasteiger partial charge >= 0.3 is 0 Å². The Kier molecular flexibility index (Phi) is 4.07. The molecule has 0 spiro atoms. The smallest absolute Gasteiger partial charge is 0.154 e. The standard InChI is InChI=1S/C16H19NO2/c1-11-5-7-15(13(3)9-11)18-17-19-16-8-6-12(2)10-14(16)4/h5-10,17H,1-4H3. The average molecular weight is 257 g/mol. The Balaban J connectivity index is 1.96. The molecule has 0 aliphatic rings. The van der Waals surface area contributed by atoms with Gasteiger partial charge in [-0.2, -0.15) is 0 Å². The molecule has 100 valence electrons. The van der Waals surface area contributed by atoms with Crippen LogP contribution in [0.15, 0.2) is 36.4 Å². The highest BCUT2D eigenvalue weighted by Gasteiger charge is 2.02. The molecule has 0 aliphatic heterocycles. The maximum Gasteiger partial charge on any atom is 0.154 e. The van der Waals surface area contributed by atoms with Crippen molar-refractivity contribution in [2.75, 3.05) is 0 Å². The molecular weight excluding hydrogens is 238 g/mol. The molecule has 2 rings (SSSR count). The second-order valence-electron chi connectivity index (χ2n) is 4.83. The normalized spacial score (nSPS) is 10.3. The summed E-state index contributed by atoms with van der Waals surface area (Å²) in [4.78, 5) is 10.8. The van der Waals surface area contributed by atoms with Gasteiger partial charge in [-0.3, -0.25) is 0 Å². The van der Waals surface area contributed by atoms with Crippen LogP contribution in [0.5, 0.6) is 11.5 Å². The van der Waals surface area contributed by atoms with E-state index in [1.165, 1.54) is 11.1 Å². The Morgan fingerprint density at radius 2 is 1.11 bits per heavy atom. The minimum Gasteiger partial charge on any atom is -0.373 e. The van der Waals surface area contributed by atoms with Crippen LogP contribution in [0, 0.1) is 27.7 Å². The topological polar surface area (TPSA) is 30.5 Å². The van der Waals surface area contributed by atoms with Crippen LogP contribution in [-0.4, -0.2) is 0 Å². The number of hydrogen-bond acceptors (Lipinski definition) is 3. The van der Waals surface area contributed by atoms with Crippen LogP contribution in [0.2, 0.25) is 0 Å². The molecule has 0 fully saturated rings. The highest BCUT2D eigenvalue weighted by Crippen LogP contribution is 2.20. The fourth-order valence-corrected chi connectivity index (χ4v) is 1.94. The zero-order valence-corrected chi connectivity index (χ0v) is 11.8. The number of hydrogen-bond donors (Lipinski definition) is 1. The first kappa shape index (κ1) is 13.4.